The maximum Gasteiger partial charge on any atom is 0.209 e. The van der Waals surface area contributed by atoms with Crippen molar-refractivity contribution in [2.75, 3.05) is 18.0 Å². The normalized spacial score (nSPS) is 20.5. The summed E-state index contributed by atoms with van der Waals surface area (Å²) in [5.74, 6) is 2.18. The van der Waals surface area contributed by atoms with Crippen molar-refractivity contribution >= 4 is 60.6 Å². The van der Waals surface area contributed by atoms with Gasteiger partial charge in [-0.15, -0.1) is 0 Å². The highest BCUT2D eigenvalue weighted by molar-refractivity contribution is 9.10. The number of nitrogens with one attached hydrogen (secondary N) is 1. The lowest BCUT2D eigenvalue weighted by Gasteiger charge is -2.30. The molecular weight excluding hydrogens is 628 g/mol. The molecule has 2 heterocycles. The first kappa shape index (κ1) is 28.2. The van der Waals surface area contributed by atoms with Gasteiger partial charge in [0.1, 0.15) is 18.2 Å². The van der Waals surface area contributed by atoms with Crippen molar-refractivity contribution < 1.29 is 9.37 Å². The number of rotatable bonds is 5. The van der Waals surface area contributed by atoms with Crippen molar-refractivity contribution in [3.05, 3.63) is 96.6 Å². The Bertz CT molecular complexity index is 1720. The largest absolute Gasteiger partial charge is 0.344 e. The van der Waals surface area contributed by atoms with Crippen LogP contribution in [0.25, 0.3) is 0 Å². The molecule has 1 aliphatic carbocycles. The molecule has 0 unspecified atom stereocenters. The number of Topliss-reactive ketones (excluding diaryl/α,β-unsaturated/α-hetero) is 1. The zero-order valence-electron chi connectivity index (χ0n) is 23.5. The molecule has 0 aromatic heterocycles. The van der Waals surface area contributed by atoms with E-state index in [1.165, 1.54) is 11.1 Å². The lowest BCUT2D eigenvalue weighted by atomic mass is 9.73. The molecule has 0 spiro atoms. The van der Waals surface area contributed by atoms with Crippen LogP contribution in [0.3, 0.4) is 0 Å². The highest BCUT2D eigenvalue weighted by Gasteiger charge is 2.47. The summed E-state index contributed by atoms with van der Waals surface area (Å²) in [4.78, 5) is 16.1. The molecule has 1 N–H and O–H groups in total. The molecule has 202 valence electrons. The maximum atomic E-state index is 13.9. The summed E-state index contributed by atoms with van der Waals surface area (Å²) in [5, 5.41) is 17.8. The van der Waals surface area contributed by atoms with E-state index in [2.05, 4.69) is 119 Å². The van der Waals surface area contributed by atoms with Gasteiger partial charge in [0.15, 0.2) is 11.5 Å². The summed E-state index contributed by atoms with van der Waals surface area (Å²) in [7, 11) is 0. The van der Waals surface area contributed by atoms with Crippen LogP contribution in [0.1, 0.15) is 52.7 Å². The van der Waals surface area contributed by atoms with Crippen molar-refractivity contribution in [1.29, 1.82) is 10.7 Å². The monoisotopic (exact) mass is 657 g/mol. The number of fused-ring (bicyclic) bond motifs is 2. The first-order valence-electron chi connectivity index (χ1n) is 13.4. The van der Waals surface area contributed by atoms with Gasteiger partial charge in [-0.3, -0.25) is 10.2 Å². The van der Waals surface area contributed by atoms with E-state index in [0.29, 0.717) is 16.7 Å². The third-order valence-electron chi connectivity index (χ3n) is 8.42. The fourth-order valence-corrected chi connectivity index (χ4v) is 7.04. The van der Waals surface area contributed by atoms with Gasteiger partial charge < -0.3 is 4.90 Å². The third-order valence-corrected chi connectivity index (χ3v) is 9.40. The van der Waals surface area contributed by atoms with Gasteiger partial charge in [-0.05, 0) is 75.5 Å². The number of nitriles is 1. The Balaban J connectivity index is 1.71. The molecule has 2 aromatic carbocycles. The van der Waals surface area contributed by atoms with Crippen molar-refractivity contribution in [1.82, 2.24) is 0 Å². The number of ketones is 1. The van der Waals surface area contributed by atoms with Gasteiger partial charge in [0.2, 0.25) is 5.69 Å². The van der Waals surface area contributed by atoms with Crippen LogP contribution in [0, 0.1) is 16.7 Å². The Hall–Kier alpha value is -3.30. The van der Waals surface area contributed by atoms with E-state index in [1.54, 1.807) is 0 Å². The van der Waals surface area contributed by atoms with Gasteiger partial charge in [-0.1, -0.05) is 45.7 Å². The van der Waals surface area contributed by atoms with Gasteiger partial charge in [0.05, 0.1) is 5.41 Å². The molecule has 0 bridgehead atoms. The van der Waals surface area contributed by atoms with E-state index in [4.69, 9.17) is 5.41 Å². The van der Waals surface area contributed by atoms with Gasteiger partial charge in [0, 0.05) is 66.7 Å². The van der Waals surface area contributed by atoms with Crippen LogP contribution in [0.15, 0.2) is 85.5 Å². The number of nitrogens with zero attached hydrogens (tertiary/aromatic N) is 3. The van der Waals surface area contributed by atoms with E-state index in [1.807, 2.05) is 24.3 Å². The minimum Gasteiger partial charge on any atom is -0.344 e. The lowest BCUT2D eigenvalue weighted by Crippen LogP contribution is -2.32. The SMILES string of the molecule is CCN1/C(=C/C2=C(C(=C=N)C#N)C(=C/C3=[N+](CC)c4ccc(Br)cc4C3(C)C)/C2=O)C(C)(C)c2cc(Br)ccc21. The van der Waals surface area contributed by atoms with E-state index in [9.17, 15) is 10.1 Å². The molecule has 3 aliphatic rings. The zero-order chi connectivity index (χ0) is 29.1. The molecule has 5 nitrogen and oxygen atoms in total. The number of carbonyl (C=O) groups is 1. The minimum absolute atomic E-state index is 0.0662. The topological polar surface area (TPSA) is 71.0 Å². The number of anilines is 1. The second-order valence-electron chi connectivity index (χ2n) is 11.3. The van der Waals surface area contributed by atoms with Crippen molar-refractivity contribution in [2.45, 2.75) is 52.4 Å². The molecule has 0 amide bonds. The molecule has 0 atom stereocenters. The Morgan fingerprint density at radius 1 is 1.02 bits per heavy atom. The number of likely N-dealkylation sites (N-methyl/N-ethyl adjacent to an activating group) is 1. The van der Waals surface area contributed by atoms with Crippen molar-refractivity contribution in [2.24, 2.45) is 0 Å². The molecule has 40 heavy (non-hydrogen) atoms. The Kier molecular flexibility index (Phi) is 7.03. The maximum absolute atomic E-state index is 13.9. The molecule has 5 rings (SSSR count). The average molecular weight is 659 g/mol. The molecule has 0 saturated heterocycles. The fraction of sp³-hybridized carbons (Fsp3) is 0.303. The van der Waals surface area contributed by atoms with E-state index in [-0.39, 0.29) is 22.2 Å². The van der Waals surface area contributed by atoms with Crippen molar-refractivity contribution in [3.8, 4) is 6.07 Å². The predicted octanol–water partition coefficient (Wildman–Crippen LogP) is 7.81. The average Bonchev–Trinajstić information content (AvgIpc) is 3.26. The molecular formula is C33H31Br2N4O+. The summed E-state index contributed by atoms with van der Waals surface area (Å²) >= 11 is 7.22. The molecule has 2 aromatic rings. The van der Waals surface area contributed by atoms with Gasteiger partial charge in [-0.25, -0.2) is 0 Å². The van der Waals surface area contributed by atoms with Gasteiger partial charge in [0.25, 0.3) is 0 Å². The van der Waals surface area contributed by atoms with E-state index in [0.717, 1.165) is 44.8 Å². The van der Waals surface area contributed by atoms with Gasteiger partial charge in [-0.2, -0.15) is 9.84 Å². The molecule has 7 heteroatoms. The van der Waals surface area contributed by atoms with Crippen LogP contribution in [0.2, 0.25) is 0 Å². The van der Waals surface area contributed by atoms with Crippen LogP contribution in [0.4, 0.5) is 11.4 Å². The van der Waals surface area contributed by atoms with Gasteiger partial charge >= 0.3 is 0 Å². The van der Waals surface area contributed by atoms with Crippen LogP contribution in [0.5, 0.6) is 0 Å². The fourth-order valence-electron chi connectivity index (χ4n) is 6.32. The number of carbonyl (C=O) groups excluding carboxylic acids is 1. The summed E-state index contributed by atoms with van der Waals surface area (Å²) in [6, 6.07) is 14.6. The van der Waals surface area contributed by atoms with E-state index >= 15 is 0 Å². The smallest absolute Gasteiger partial charge is 0.209 e. The molecule has 0 saturated carbocycles. The summed E-state index contributed by atoms with van der Waals surface area (Å²) in [6.07, 6.45) is 3.85. The van der Waals surface area contributed by atoms with E-state index < -0.39 is 0 Å². The van der Waals surface area contributed by atoms with Crippen LogP contribution in [-0.2, 0) is 15.6 Å². The third kappa shape index (κ3) is 4.05. The van der Waals surface area contributed by atoms with Crippen LogP contribution in [-0.4, -0.2) is 35.0 Å². The first-order valence-corrected chi connectivity index (χ1v) is 15.0. The van der Waals surface area contributed by atoms with Crippen LogP contribution < -0.4 is 4.90 Å². The number of halogens is 2. The quantitative estimate of drug-likeness (QED) is 0.154. The minimum atomic E-state index is -0.357. The molecule has 2 aliphatic heterocycles. The standard InChI is InChI=1S/C33H31Br2N4O/c1-7-38-26-11-9-20(34)13-24(26)32(3,4)28(38)15-22-30(19(17-36)18-37)23(31(22)40)16-29-33(5,6)25-14-21(35)10-12-27(25)39(29)8-2/h9-16,36H,7-8H2,1-6H3/q+1. The Morgan fingerprint density at radius 3 is 2.27 bits per heavy atom. The number of hydrogen-bond donors (Lipinski definition) is 1. The predicted molar refractivity (Wildman–Crippen MR) is 168 cm³/mol. The zero-order valence-corrected chi connectivity index (χ0v) is 26.7. The van der Waals surface area contributed by atoms with Crippen LogP contribution >= 0.6 is 31.9 Å². The van der Waals surface area contributed by atoms with Crippen molar-refractivity contribution in [3.63, 3.8) is 0 Å². The first-order chi connectivity index (χ1) is 18.9. The number of benzene rings is 2. The lowest BCUT2D eigenvalue weighted by molar-refractivity contribution is -0.433. The highest BCUT2D eigenvalue weighted by atomic mass is 79.9. The summed E-state index contributed by atoms with van der Waals surface area (Å²) in [6.45, 7) is 14.3. The number of hydrogen-bond acceptors (Lipinski definition) is 4. The second-order valence-corrected chi connectivity index (χ2v) is 13.1. The summed E-state index contributed by atoms with van der Waals surface area (Å²) < 4.78 is 4.23. The molecule has 0 radical (unpaired) electrons. The second kappa shape index (κ2) is 9.96. The Labute approximate surface area is 252 Å². The summed E-state index contributed by atoms with van der Waals surface area (Å²) in [5.41, 5.74) is 7.31. The molecule has 0 fully saturated rings. The number of allylic oxidation sites excluding steroid dienone is 7. The highest BCUT2D eigenvalue weighted by Crippen LogP contribution is 2.50. The Morgan fingerprint density at radius 2 is 1.68 bits per heavy atom.